The van der Waals surface area contributed by atoms with Gasteiger partial charge in [-0.05, 0) is 24.2 Å². The molecular weight excluding hydrogens is 421 g/mol. The van der Waals surface area contributed by atoms with Gasteiger partial charge in [0.15, 0.2) is 0 Å². The third-order valence-electron chi connectivity index (χ3n) is 4.77. The quantitative estimate of drug-likeness (QED) is 0.340. The molecule has 2 heterocycles. The molecule has 0 unspecified atom stereocenters. The van der Waals surface area contributed by atoms with E-state index in [2.05, 4.69) is 34.9 Å². The van der Waals surface area contributed by atoms with Gasteiger partial charge < -0.3 is 14.6 Å². The van der Waals surface area contributed by atoms with Crippen LogP contribution in [0.4, 0.5) is 18.9 Å². The average molecular weight is 449 g/mol. The van der Waals surface area contributed by atoms with Gasteiger partial charge in [0.25, 0.3) is 0 Å². The van der Waals surface area contributed by atoms with Crippen LogP contribution in [-0.4, -0.2) is 36.3 Å². The van der Waals surface area contributed by atoms with E-state index in [0.29, 0.717) is 23.7 Å². The Kier molecular flexibility index (Phi) is 6.85. The van der Waals surface area contributed by atoms with Gasteiger partial charge in [0.05, 0.1) is 16.9 Å². The topological polar surface area (TPSA) is 52.0 Å². The summed E-state index contributed by atoms with van der Waals surface area (Å²) in [4.78, 5) is 8.86. The van der Waals surface area contributed by atoms with E-state index in [1.165, 1.54) is 6.07 Å². The van der Waals surface area contributed by atoms with Crippen LogP contribution in [0.5, 0.6) is 0 Å². The summed E-state index contributed by atoms with van der Waals surface area (Å²) in [6.45, 7) is 7.72. The first-order valence-corrected chi connectivity index (χ1v) is 13.7. The lowest BCUT2D eigenvalue weighted by Gasteiger charge is -2.16. The third kappa shape index (κ3) is 6.17. The zero-order valence-electron chi connectivity index (χ0n) is 18.1. The number of aromatic nitrogens is 3. The van der Waals surface area contributed by atoms with E-state index >= 15 is 0 Å². The molecule has 0 amide bonds. The second-order valence-electron chi connectivity index (χ2n) is 8.56. The molecule has 1 aromatic carbocycles. The molecule has 5 nitrogen and oxygen atoms in total. The van der Waals surface area contributed by atoms with Crippen molar-refractivity contribution in [2.75, 3.05) is 19.0 Å². The van der Waals surface area contributed by atoms with Crippen LogP contribution in [-0.2, 0) is 17.6 Å². The van der Waals surface area contributed by atoms with Crippen LogP contribution in [0.3, 0.4) is 0 Å². The molecule has 3 aromatic rings. The van der Waals surface area contributed by atoms with Gasteiger partial charge in [-0.1, -0.05) is 31.8 Å². The van der Waals surface area contributed by atoms with Gasteiger partial charge >= 0.3 is 6.18 Å². The predicted molar refractivity (Wildman–Crippen MR) is 120 cm³/mol. The van der Waals surface area contributed by atoms with Crippen LogP contribution < -0.4 is 5.32 Å². The van der Waals surface area contributed by atoms with Crippen molar-refractivity contribution in [2.24, 2.45) is 0 Å². The monoisotopic (exact) mass is 448 g/mol. The Morgan fingerprint density at radius 1 is 1.10 bits per heavy atom. The molecule has 166 valence electrons. The van der Waals surface area contributed by atoms with Gasteiger partial charge in [-0.2, -0.15) is 13.2 Å². The highest BCUT2D eigenvalue weighted by atomic mass is 28.3. The second-order valence-corrected chi connectivity index (χ2v) is 14.2. The molecule has 0 saturated heterocycles. The smallest absolute Gasteiger partial charge is 0.387 e. The van der Waals surface area contributed by atoms with Crippen molar-refractivity contribution < 1.29 is 17.9 Å². The molecule has 2 aromatic heterocycles. The van der Waals surface area contributed by atoms with Crippen molar-refractivity contribution in [3.05, 3.63) is 54.5 Å². The maximum Gasteiger partial charge on any atom is 0.416 e. The molecule has 31 heavy (non-hydrogen) atoms. The fourth-order valence-electron chi connectivity index (χ4n) is 2.98. The summed E-state index contributed by atoms with van der Waals surface area (Å²) in [5.41, 5.74) is 1.71. The number of hydrogen-bond donors (Lipinski definition) is 1. The predicted octanol–water partition coefficient (Wildman–Crippen LogP) is 5.98. The molecule has 0 saturated carbocycles. The highest BCUT2D eigenvalue weighted by Crippen LogP contribution is 2.33. The van der Waals surface area contributed by atoms with E-state index in [1.54, 1.807) is 31.7 Å². The van der Waals surface area contributed by atoms with E-state index < -0.39 is 19.8 Å². The summed E-state index contributed by atoms with van der Waals surface area (Å²) < 4.78 is 47.2. The van der Waals surface area contributed by atoms with Gasteiger partial charge in [-0.15, -0.1) is 0 Å². The molecule has 0 aliphatic carbocycles. The van der Waals surface area contributed by atoms with Gasteiger partial charge in [-0.25, -0.2) is 4.98 Å². The van der Waals surface area contributed by atoms with Crippen molar-refractivity contribution in [3.8, 4) is 22.6 Å². The number of benzene rings is 1. The summed E-state index contributed by atoms with van der Waals surface area (Å²) in [5, 5.41) is 3.04. The van der Waals surface area contributed by atoms with Gasteiger partial charge in [0, 0.05) is 51.4 Å². The highest BCUT2D eigenvalue weighted by molar-refractivity contribution is 6.76. The Morgan fingerprint density at radius 2 is 1.87 bits per heavy atom. The number of rotatable bonds is 8. The lowest BCUT2D eigenvalue weighted by molar-refractivity contribution is -0.137. The van der Waals surface area contributed by atoms with Crippen molar-refractivity contribution >= 4 is 13.8 Å². The number of halogens is 3. The van der Waals surface area contributed by atoms with Crippen LogP contribution in [0.25, 0.3) is 22.6 Å². The summed E-state index contributed by atoms with van der Waals surface area (Å²) in [6.07, 6.45) is 0.685. The number of anilines is 1. The maximum atomic E-state index is 13.2. The SMILES string of the molecule is CNc1cncc(-c2nc(-c3cccc(C(F)(F)F)c3)cn2COCC[Si](C)(C)C)c1. The van der Waals surface area contributed by atoms with E-state index in [1.807, 2.05) is 10.6 Å². The normalized spacial score (nSPS) is 12.2. The maximum absolute atomic E-state index is 13.2. The fourth-order valence-corrected chi connectivity index (χ4v) is 3.74. The first kappa shape index (κ1) is 23.0. The Morgan fingerprint density at radius 3 is 2.55 bits per heavy atom. The van der Waals surface area contributed by atoms with E-state index in [4.69, 9.17) is 4.74 Å². The Hall–Kier alpha value is -2.65. The summed E-state index contributed by atoms with van der Waals surface area (Å²) in [6, 6.07) is 8.11. The largest absolute Gasteiger partial charge is 0.416 e. The Balaban J connectivity index is 1.95. The number of nitrogens with one attached hydrogen (secondary N) is 1. The van der Waals surface area contributed by atoms with E-state index in [9.17, 15) is 13.2 Å². The van der Waals surface area contributed by atoms with Crippen LogP contribution in [0, 0.1) is 0 Å². The molecule has 9 heteroatoms. The summed E-state index contributed by atoms with van der Waals surface area (Å²) in [7, 11) is 0.561. The van der Waals surface area contributed by atoms with Gasteiger partial charge in [0.1, 0.15) is 12.6 Å². The molecule has 0 aliphatic rings. The first-order chi connectivity index (χ1) is 14.6. The minimum Gasteiger partial charge on any atom is -0.387 e. The minimum absolute atomic E-state index is 0.259. The molecular formula is C22H27F3N4OSi. The lowest BCUT2D eigenvalue weighted by atomic mass is 10.1. The Bertz CT molecular complexity index is 1030. The third-order valence-corrected chi connectivity index (χ3v) is 6.48. The molecule has 1 N–H and O–H groups in total. The van der Waals surface area contributed by atoms with Crippen molar-refractivity contribution in [3.63, 3.8) is 0 Å². The van der Waals surface area contributed by atoms with E-state index in [0.717, 1.165) is 29.4 Å². The van der Waals surface area contributed by atoms with Crippen molar-refractivity contribution in [1.29, 1.82) is 0 Å². The highest BCUT2D eigenvalue weighted by Gasteiger charge is 2.30. The van der Waals surface area contributed by atoms with Gasteiger partial charge in [0.2, 0.25) is 0 Å². The molecule has 0 spiro atoms. The molecule has 0 fully saturated rings. The fraction of sp³-hybridized carbons (Fsp3) is 0.364. The van der Waals surface area contributed by atoms with E-state index in [-0.39, 0.29) is 6.73 Å². The summed E-state index contributed by atoms with van der Waals surface area (Å²) >= 11 is 0. The van der Waals surface area contributed by atoms with Crippen LogP contribution >= 0.6 is 0 Å². The molecule has 3 rings (SSSR count). The number of alkyl halides is 3. The van der Waals surface area contributed by atoms with Crippen molar-refractivity contribution in [1.82, 2.24) is 14.5 Å². The molecule has 0 radical (unpaired) electrons. The molecule has 0 atom stereocenters. The standard InChI is InChI=1S/C22H27F3N4OSi/c1-26-19-11-17(12-27-13-19)21-28-20(14-29(21)15-30-8-9-31(2,3)4)16-6-5-7-18(10-16)22(23,24)25/h5-7,10-14,26H,8-9,15H2,1-4H3. The number of hydrogen-bond acceptors (Lipinski definition) is 4. The number of ether oxygens (including phenoxy) is 1. The zero-order valence-corrected chi connectivity index (χ0v) is 19.1. The average Bonchev–Trinajstić information content (AvgIpc) is 3.14. The molecule has 0 bridgehead atoms. The Labute approximate surface area is 181 Å². The first-order valence-electron chi connectivity index (χ1n) is 10.0. The zero-order chi connectivity index (χ0) is 22.6. The van der Waals surface area contributed by atoms with Gasteiger partial charge in [-0.3, -0.25) is 4.98 Å². The lowest BCUT2D eigenvalue weighted by Crippen LogP contribution is -2.22. The minimum atomic E-state index is -4.41. The van der Waals surface area contributed by atoms with Crippen LogP contribution in [0.2, 0.25) is 25.7 Å². The van der Waals surface area contributed by atoms with Crippen molar-refractivity contribution in [2.45, 2.75) is 38.6 Å². The summed E-state index contributed by atoms with van der Waals surface area (Å²) in [5.74, 6) is 0.588. The molecule has 0 aliphatic heterocycles. The number of imidazole rings is 1. The van der Waals surface area contributed by atoms with Crippen LogP contribution in [0.15, 0.2) is 48.9 Å². The van der Waals surface area contributed by atoms with Crippen LogP contribution in [0.1, 0.15) is 5.56 Å². The number of nitrogens with zero attached hydrogens (tertiary/aromatic N) is 3. The number of pyridine rings is 1. The second kappa shape index (κ2) is 9.23.